The molecule has 0 saturated carbocycles. The fourth-order valence-electron chi connectivity index (χ4n) is 1.50. The highest BCUT2D eigenvalue weighted by Crippen LogP contribution is 2.22. The molecule has 0 unspecified atom stereocenters. The van der Waals surface area contributed by atoms with Gasteiger partial charge in [0.25, 0.3) is 0 Å². The molecule has 0 fully saturated rings. The number of benzene rings is 1. The molecule has 19 heavy (non-hydrogen) atoms. The summed E-state index contributed by atoms with van der Waals surface area (Å²) < 4.78 is 31.5. The number of sulfonamides is 1. The van der Waals surface area contributed by atoms with Crippen LogP contribution < -0.4 is 4.72 Å². The molecule has 0 aliphatic heterocycles. The zero-order chi connectivity index (χ0) is 13.9. The van der Waals surface area contributed by atoms with Crippen molar-refractivity contribution in [1.29, 1.82) is 0 Å². The molecule has 0 aliphatic carbocycles. The van der Waals surface area contributed by atoms with Crippen LogP contribution in [-0.2, 0) is 23.2 Å². The van der Waals surface area contributed by atoms with Crippen molar-refractivity contribution in [2.24, 2.45) is 0 Å². The van der Waals surface area contributed by atoms with E-state index < -0.39 is 10.0 Å². The molecule has 1 heterocycles. The lowest BCUT2D eigenvalue weighted by atomic mass is 10.2. The molecule has 0 aliphatic rings. The zero-order valence-corrected chi connectivity index (χ0v) is 11.4. The van der Waals surface area contributed by atoms with E-state index in [4.69, 9.17) is 21.1 Å². The summed E-state index contributed by atoms with van der Waals surface area (Å²) in [6, 6.07) is 6.02. The van der Waals surface area contributed by atoms with Crippen LogP contribution in [0.2, 0.25) is 5.02 Å². The number of halogens is 1. The summed E-state index contributed by atoms with van der Waals surface area (Å²) >= 11 is 5.88. The molecule has 0 amide bonds. The van der Waals surface area contributed by atoms with Gasteiger partial charge >= 0.3 is 0 Å². The minimum Gasteiger partial charge on any atom is -0.472 e. The summed E-state index contributed by atoms with van der Waals surface area (Å²) in [4.78, 5) is -0.0517. The van der Waals surface area contributed by atoms with Crippen LogP contribution >= 0.6 is 11.6 Å². The van der Waals surface area contributed by atoms with Gasteiger partial charge in [-0.1, -0.05) is 17.7 Å². The number of aliphatic hydroxyl groups is 1. The van der Waals surface area contributed by atoms with E-state index in [1.807, 2.05) is 0 Å². The summed E-state index contributed by atoms with van der Waals surface area (Å²) in [5.74, 6) is 0. The van der Waals surface area contributed by atoms with Crippen LogP contribution in [0.3, 0.4) is 0 Å². The topological polar surface area (TPSA) is 79.5 Å². The predicted molar refractivity (Wildman–Crippen MR) is 70.1 cm³/mol. The normalized spacial score (nSPS) is 11.7. The number of furan rings is 1. The van der Waals surface area contributed by atoms with Gasteiger partial charge in [0.05, 0.1) is 24.2 Å². The van der Waals surface area contributed by atoms with Crippen LogP contribution in [0.15, 0.2) is 46.1 Å². The van der Waals surface area contributed by atoms with E-state index in [1.165, 1.54) is 24.7 Å². The fourth-order valence-corrected chi connectivity index (χ4v) is 3.07. The van der Waals surface area contributed by atoms with Gasteiger partial charge in [-0.25, -0.2) is 13.1 Å². The molecule has 1 aromatic carbocycles. The first-order chi connectivity index (χ1) is 9.03. The van der Waals surface area contributed by atoms with Gasteiger partial charge in [0.2, 0.25) is 10.0 Å². The third kappa shape index (κ3) is 3.36. The Labute approximate surface area is 115 Å². The first kappa shape index (κ1) is 14.1. The SMILES string of the molecule is O=S(=O)(NCc1ccoc1)c1cc(CO)ccc1Cl. The first-order valence-electron chi connectivity index (χ1n) is 5.43. The second-order valence-electron chi connectivity index (χ2n) is 3.88. The van der Waals surface area contributed by atoms with Gasteiger partial charge in [-0.2, -0.15) is 0 Å². The van der Waals surface area contributed by atoms with Crippen molar-refractivity contribution in [3.05, 3.63) is 52.9 Å². The van der Waals surface area contributed by atoms with Crippen molar-refractivity contribution in [2.75, 3.05) is 0 Å². The van der Waals surface area contributed by atoms with E-state index in [0.29, 0.717) is 11.1 Å². The quantitative estimate of drug-likeness (QED) is 0.884. The summed E-state index contributed by atoms with van der Waals surface area (Å²) in [5, 5.41) is 9.14. The third-order valence-corrected chi connectivity index (χ3v) is 4.40. The van der Waals surface area contributed by atoms with Crippen molar-refractivity contribution in [2.45, 2.75) is 18.0 Å². The molecule has 0 radical (unpaired) electrons. The van der Waals surface area contributed by atoms with E-state index in [2.05, 4.69) is 4.72 Å². The maximum absolute atomic E-state index is 12.1. The summed E-state index contributed by atoms with van der Waals surface area (Å²) in [5.41, 5.74) is 1.19. The molecule has 0 saturated heterocycles. The van der Waals surface area contributed by atoms with Crippen LogP contribution in [-0.4, -0.2) is 13.5 Å². The predicted octanol–water partition coefficient (Wildman–Crippen LogP) is 1.90. The molecule has 7 heteroatoms. The Morgan fingerprint density at radius 3 is 2.68 bits per heavy atom. The molecule has 0 spiro atoms. The average Bonchev–Trinajstić information content (AvgIpc) is 2.90. The maximum atomic E-state index is 12.1. The fraction of sp³-hybridized carbons (Fsp3) is 0.167. The van der Waals surface area contributed by atoms with Gasteiger partial charge in [-0.05, 0) is 23.8 Å². The highest BCUT2D eigenvalue weighted by molar-refractivity contribution is 7.89. The molecule has 1 aromatic heterocycles. The molecule has 5 nitrogen and oxygen atoms in total. The minimum atomic E-state index is -3.73. The lowest BCUT2D eigenvalue weighted by molar-refractivity contribution is 0.281. The third-order valence-electron chi connectivity index (χ3n) is 2.51. The Kier molecular flexibility index (Phi) is 4.26. The first-order valence-corrected chi connectivity index (χ1v) is 7.29. The molecule has 2 aromatic rings. The second kappa shape index (κ2) is 5.75. The van der Waals surface area contributed by atoms with E-state index in [-0.39, 0.29) is 23.1 Å². The van der Waals surface area contributed by atoms with Crippen LogP contribution in [0.1, 0.15) is 11.1 Å². The monoisotopic (exact) mass is 301 g/mol. The van der Waals surface area contributed by atoms with Crippen molar-refractivity contribution < 1.29 is 17.9 Å². The van der Waals surface area contributed by atoms with Crippen molar-refractivity contribution in [1.82, 2.24) is 4.72 Å². The number of hydrogen-bond donors (Lipinski definition) is 2. The average molecular weight is 302 g/mol. The number of rotatable bonds is 5. The summed E-state index contributed by atoms with van der Waals surface area (Å²) in [7, 11) is -3.73. The molecular formula is C12H12ClNO4S. The van der Waals surface area contributed by atoms with E-state index >= 15 is 0 Å². The number of hydrogen-bond acceptors (Lipinski definition) is 4. The van der Waals surface area contributed by atoms with E-state index in [0.717, 1.165) is 0 Å². The maximum Gasteiger partial charge on any atom is 0.242 e. The summed E-state index contributed by atoms with van der Waals surface area (Å²) in [6.45, 7) is -0.139. The Hall–Kier alpha value is -1.34. The number of nitrogens with one attached hydrogen (secondary N) is 1. The Bertz CT molecular complexity index is 652. The Morgan fingerprint density at radius 1 is 1.26 bits per heavy atom. The largest absolute Gasteiger partial charge is 0.472 e. The van der Waals surface area contributed by atoms with Crippen molar-refractivity contribution >= 4 is 21.6 Å². The lowest BCUT2D eigenvalue weighted by Gasteiger charge is -2.08. The minimum absolute atomic E-state index is 0.0517. The molecule has 0 bridgehead atoms. The number of aliphatic hydroxyl groups excluding tert-OH is 1. The molecule has 0 atom stereocenters. The standard InChI is InChI=1S/C12H12ClNO4S/c13-11-2-1-9(7-15)5-12(11)19(16,17)14-6-10-3-4-18-8-10/h1-5,8,14-15H,6-7H2. The van der Waals surface area contributed by atoms with Gasteiger partial charge in [0, 0.05) is 12.1 Å². The van der Waals surface area contributed by atoms with Crippen LogP contribution in [0.4, 0.5) is 0 Å². The Balaban J connectivity index is 2.23. The van der Waals surface area contributed by atoms with Gasteiger partial charge in [0.15, 0.2) is 0 Å². The Morgan fingerprint density at radius 2 is 2.05 bits per heavy atom. The summed E-state index contributed by atoms with van der Waals surface area (Å²) in [6.07, 6.45) is 2.91. The van der Waals surface area contributed by atoms with Gasteiger partial charge in [0.1, 0.15) is 4.90 Å². The van der Waals surface area contributed by atoms with Crippen LogP contribution in [0.5, 0.6) is 0 Å². The highest BCUT2D eigenvalue weighted by atomic mass is 35.5. The molecule has 102 valence electrons. The van der Waals surface area contributed by atoms with E-state index in [1.54, 1.807) is 12.1 Å². The van der Waals surface area contributed by atoms with Gasteiger partial charge in [-0.15, -0.1) is 0 Å². The molecular weight excluding hydrogens is 290 g/mol. The van der Waals surface area contributed by atoms with Crippen LogP contribution in [0.25, 0.3) is 0 Å². The molecule has 2 rings (SSSR count). The van der Waals surface area contributed by atoms with Crippen molar-refractivity contribution in [3.8, 4) is 0 Å². The smallest absolute Gasteiger partial charge is 0.242 e. The van der Waals surface area contributed by atoms with Crippen LogP contribution in [0, 0.1) is 0 Å². The molecule has 2 N–H and O–H groups in total. The van der Waals surface area contributed by atoms with Gasteiger partial charge < -0.3 is 9.52 Å². The van der Waals surface area contributed by atoms with Gasteiger partial charge in [-0.3, -0.25) is 0 Å². The second-order valence-corrected chi connectivity index (χ2v) is 6.02. The van der Waals surface area contributed by atoms with E-state index in [9.17, 15) is 8.42 Å². The zero-order valence-electron chi connectivity index (χ0n) is 9.84. The van der Waals surface area contributed by atoms with Crippen molar-refractivity contribution in [3.63, 3.8) is 0 Å². The lowest BCUT2D eigenvalue weighted by Crippen LogP contribution is -2.23. The highest BCUT2D eigenvalue weighted by Gasteiger charge is 2.18.